The van der Waals surface area contributed by atoms with Gasteiger partial charge in [0.25, 0.3) is 0 Å². The highest BCUT2D eigenvalue weighted by Gasteiger charge is 2.33. The van der Waals surface area contributed by atoms with Crippen LogP contribution < -0.4 is 15.3 Å². The molecule has 4 atom stereocenters. The van der Waals surface area contributed by atoms with Crippen molar-refractivity contribution in [1.82, 2.24) is 24.6 Å². The number of carbonyl (C=O) groups is 3. The third-order valence-corrected chi connectivity index (χ3v) is 12.0. The third kappa shape index (κ3) is 17.4. The molecule has 1 heterocycles. The molecule has 0 aliphatic carbocycles. The molecule has 322 valence electrons. The molecule has 0 aliphatic rings. The summed E-state index contributed by atoms with van der Waals surface area (Å²) in [5, 5.41) is 37.1. The number of benzene rings is 3. The lowest BCUT2D eigenvalue weighted by Crippen LogP contribution is -2.45. The minimum atomic E-state index is -3.47. The van der Waals surface area contributed by atoms with Crippen molar-refractivity contribution in [3.05, 3.63) is 108 Å². The van der Waals surface area contributed by atoms with Gasteiger partial charge in [-0.15, -0.1) is 0 Å². The van der Waals surface area contributed by atoms with Gasteiger partial charge in [-0.2, -0.15) is 0 Å². The normalized spacial score (nSPS) is 14.6. The van der Waals surface area contributed by atoms with Crippen LogP contribution in [0.5, 0.6) is 17.2 Å². The van der Waals surface area contributed by atoms with E-state index >= 15 is 0 Å². The van der Waals surface area contributed by atoms with E-state index in [4.69, 9.17) is 14.2 Å². The van der Waals surface area contributed by atoms with E-state index in [-0.39, 0.29) is 43.3 Å². The van der Waals surface area contributed by atoms with Crippen LogP contribution in [0.3, 0.4) is 0 Å². The van der Waals surface area contributed by atoms with Gasteiger partial charge < -0.3 is 29.5 Å². The first-order chi connectivity index (χ1) is 28.0. The van der Waals surface area contributed by atoms with E-state index in [9.17, 15) is 38.8 Å². The molecule has 0 saturated carbocycles. The Bertz CT molecular complexity index is 1900. The minimum absolute atomic E-state index is 0.0947. The number of ether oxygens (including phenoxy) is 3. The Balaban J connectivity index is 0.000000338. The Labute approximate surface area is 345 Å². The van der Waals surface area contributed by atoms with Crippen LogP contribution in [0.15, 0.2) is 91.5 Å². The monoisotopic (exact) mass is 857 g/mol. The quantitative estimate of drug-likeness (QED) is 0.0305. The van der Waals surface area contributed by atoms with Gasteiger partial charge >= 0.3 is 17.9 Å². The van der Waals surface area contributed by atoms with Crippen LogP contribution in [0.4, 0.5) is 0 Å². The second-order valence-electron chi connectivity index (χ2n) is 13.9. The van der Waals surface area contributed by atoms with E-state index in [1.807, 2.05) is 20.8 Å². The average molecular weight is 858 g/mol. The summed E-state index contributed by atoms with van der Waals surface area (Å²) >= 11 is 0. The average Bonchev–Trinajstić information content (AvgIpc) is 3.77. The second-order valence-corrected chi connectivity index (χ2v) is 18.7. The first kappa shape index (κ1) is 48.4. The number of phenolic OH excluding ortho intramolecular Hbond substituents is 3. The fraction of sp³-hybridized carbons (Fsp3) is 0.415. The standard InChI is InChI=1S/C25H35N2O7P.C16H22N3O4P/c1-4-14-33-24(30)22(16-18-6-10-20(28)11-7-18)26-35(3,32)27-23(25(31)34-15-5-2)17-19-8-12-21(29)13-9-19;1-3-10-23-16(21)15(11-13-4-6-14(20)7-5-13)18-24(2,22)19-9-8-17-12-19/h6-13,22-23,28-29H,4-5,14-17H2,1-3H3,(H2,26,27,32);4-9,12,15,20H,3,10-11H2,1-2H3,(H,18,22). The van der Waals surface area contributed by atoms with Gasteiger partial charge in [0.1, 0.15) is 41.7 Å². The predicted octanol–water partition coefficient (Wildman–Crippen LogP) is 5.94. The predicted molar refractivity (Wildman–Crippen MR) is 225 cm³/mol. The zero-order chi connectivity index (χ0) is 43.4. The molecule has 0 saturated heterocycles. The van der Waals surface area contributed by atoms with Gasteiger partial charge in [0, 0.05) is 25.7 Å². The summed E-state index contributed by atoms with van der Waals surface area (Å²) in [5.41, 5.74) is 2.29. The number of esters is 3. The summed E-state index contributed by atoms with van der Waals surface area (Å²) in [6.07, 6.45) is 7.19. The summed E-state index contributed by atoms with van der Waals surface area (Å²) < 4.78 is 43.7. The SMILES string of the molecule is CCCOC(=O)C(Cc1ccc(O)cc1)NP(C)(=O)NC(Cc1ccc(O)cc1)C(=O)OCCC.CCCOC(=O)C(Cc1ccc(O)cc1)NP(C)(=O)n1ccnc1. The summed E-state index contributed by atoms with van der Waals surface area (Å²) in [4.78, 5) is 41.7. The number of nitrogens with one attached hydrogen (secondary N) is 3. The van der Waals surface area contributed by atoms with Gasteiger partial charge in [-0.3, -0.25) is 27.9 Å². The van der Waals surface area contributed by atoms with Crippen LogP contribution in [0.25, 0.3) is 0 Å². The molecular weight excluding hydrogens is 800 g/mol. The van der Waals surface area contributed by atoms with Gasteiger partial charge in [-0.05, 0) is 91.6 Å². The highest BCUT2D eigenvalue weighted by Crippen LogP contribution is 2.39. The highest BCUT2D eigenvalue weighted by atomic mass is 31.2. The lowest BCUT2D eigenvalue weighted by atomic mass is 10.1. The number of carbonyl (C=O) groups excluding carboxylic acids is 3. The van der Waals surface area contributed by atoms with Crippen LogP contribution in [-0.2, 0) is 57.0 Å². The van der Waals surface area contributed by atoms with Crippen molar-refractivity contribution in [3.63, 3.8) is 0 Å². The first-order valence-electron chi connectivity index (χ1n) is 19.4. The smallest absolute Gasteiger partial charge is 0.323 e. The molecule has 6 N–H and O–H groups in total. The largest absolute Gasteiger partial charge is 0.508 e. The maximum Gasteiger partial charge on any atom is 0.323 e. The molecular formula is C41H57N5O11P2. The van der Waals surface area contributed by atoms with Gasteiger partial charge in [-0.25, -0.2) is 20.2 Å². The Hall–Kier alpha value is -4.98. The highest BCUT2D eigenvalue weighted by molar-refractivity contribution is 7.59. The van der Waals surface area contributed by atoms with Crippen molar-refractivity contribution in [1.29, 1.82) is 0 Å². The Morgan fingerprint density at radius 3 is 1.20 bits per heavy atom. The van der Waals surface area contributed by atoms with Gasteiger partial charge in [0.2, 0.25) is 14.9 Å². The molecule has 4 unspecified atom stereocenters. The van der Waals surface area contributed by atoms with Crippen molar-refractivity contribution in [2.75, 3.05) is 33.2 Å². The fourth-order valence-electron chi connectivity index (χ4n) is 5.52. The maximum absolute atomic E-state index is 13.6. The second kappa shape index (κ2) is 24.2. The summed E-state index contributed by atoms with van der Waals surface area (Å²) in [6, 6.07) is 16.6. The van der Waals surface area contributed by atoms with E-state index in [1.54, 1.807) is 54.7 Å². The number of imidazole rings is 1. The van der Waals surface area contributed by atoms with Crippen molar-refractivity contribution in [2.45, 2.75) is 77.4 Å². The zero-order valence-corrected chi connectivity index (χ0v) is 35.9. The van der Waals surface area contributed by atoms with Crippen molar-refractivity contribution < 1.29 is 53.0 Å². The molecule has 1 aromatic heterocycles. The molecule has 0 radical (unpaired) electrons. The molecule has 59 heavy (non-hydrogen) atoms. The van der Waals surface area contributed by atoms with E-state index in [0.29, 0.717) is 32.3 Å². The Morgan fingerprint density at radius 1 is 0.593 bits per heavy atom. The summed E-state index contributed by atoms with van der Waals surface area (Å²) in [5.74, 6) is -1.24. The number of rotatable bonds is 22. The molecule has 0 amide bonds. The fourth-order valence-corrected chi connectivity index (χ4v) is 8.66. The Kier molecular flexibility index (Phi) is 19.8. The molecule has 16 nitrogen and oxygen atoms in total. The lowest BCUT2D eigenvalue weighted by molar-refractivity contribution is -0.146. The molecule has 0 aliphatic heterocycles. The van der Waals surface area contributed by atoms with E-state index in [1.165, 1.54) is 54.5 Å². The number of aromatic nitrogens is 2. The molecule has 3 aromatic carbocycles. The number of nitrogens with zero attached hydrogens (tertiary/aromatic N) is 2. The molecule has 0 spiro atoms. The van der Waals surface area contributed by atoms with Gasteiger partial charge in [0.15, 0.2) is 0 Å². The van der Waals surface area contributed by atoms with Crippen molar-refractivity contribution >= 4 is 32.8 Å². The summed E-state index contributed by atoms with van der Waals surface area (Å²) in [6.45, 7) is 9.35. The Morgan fingerprint density at radius 2 is 0.915 bits per heavy atom. The van der Waals surface area contributed by atoms with Crippen LogP contribution in [0.1, 0.15) is 56.7 Å². The van der Waals surface area contributed by atoms with Crippen LogP contribution in [-0.4, -0.2) is 93.8 Å². The molecule has 4 rings (SSSR count). The van der Waals surface area contributed by atoms with Crippen LogP contribution >= 0.6 is 14.9 Å². The van der Waals surface area contributed by atoms with E-state index in [2.05, 4.69) is 20.2 Å². The number of phenols is 3. The zero-order valence-electron chi connectivity index (χ0n) is 34.2. The number of aromatic hydroxyl groups is 3. The van der Waals surface area contributed by atoms with Crippen LogP contribution in [0.2, 0.25) is 0 Å². The van der Waals surface area contributed by atoms with Crippen LogP contribution in [0, 0.1) is 0 Å². The molecule has 0 fully saturated rings. The van der Waals surface area contributed by atoms with E-state index < -0.39 is 50.9 Å². The molecule has 0 bridgehead atoms. The lowest BCUT2D eigenvalue weighted by Gasteiger charge is -2.27. The van der Waals surface area contributed by atoms with Crippen molar-refractivity contribution in [3.8, 4) is 17.2 Å². The molecule has 18 heteroatoms. The van der Waals surface area contributed by atoms with E-state index in [0.717, 1.165) is 16.7 Å². The van der Waals surface area contributed by atoms with Gasteiger partial charge in [0.05, 0.1) is 19.8 Å². The molecule has 4 aromatic rings. The maximum atomic E-state index is 13.6. The number of hydrogen-bond donors (Lipinski definition) is 6. The van der Waals surface area contributed by atoms with Gasteiger partial charge in [-0.1, -0.05) is 57.2 Å². The first-order valence-corrected chi connectivity index (χ1v) is 23.6. The topological polar surface area (TPSA) is 228 Å². The summed E-state index contributed by atoms with van der Waals surface area (Å²) in [7, 11) is -6.50. The number of hydrogen-bond acceptors (Lipinski definition) is 12. The minimum Gasteiger partial charge on any atom is -0.508 e. The third-order valence-electron chi connectivity index (χ3n) is 8.46. The van der Waals surface area contributed by atoms with Crippen molar-refractivity contribution in [2.24, 2.45) is 0 Å².